The molecule has 28 heavy (non-hydrogen) atoms. The number of carbonyl (C=O) groups is 2. The first-order valence-electron chi connectivity index (χ1n) is 9.51. The highest BCUT2D eigenvalue weighted by molar-refractivity contribution is 5.90. The van der Waals surface area contributed by atoms with Crippen LogP contribution in [-0.4, -0.2) is 37.2 Å². The molecule has 2 aromatic rings. The number of nitrogens with zero attached hydrogens (tertiary/aromatic N) is 1. The Morgan fingerprint density at radius 3 is 2.07 bits per heavy atom. The lowest BCUT2D eigenvalue weighted by Gasteiger charge is -2.23. The number of rotatable bonds is 5. The highest BCUT2D eigenvalue weighted by atomic mass is 16.6. The van der Waals surface area contributed by atoms with Gasteiger partial charge in [-0.2, -0.15) is 0 Å². The number of benzene rings is 2. The van der Waals surface area contributed by atoms with Crippen molar-refractivity contribution in [3.8, 4) is 16.9 Å². The molecule has 0 radical (unpaired) electrons. The Bertz CT molecular complexity index is 831. The van der Waals surface area contributed by atoms with Gasteiger partial charge in [0.25, 0.3) is 0 Å². The van der Waals surface area contributed by atoms with Crippen molar-refractivity contribution in [2.45, 2.75) is 40.0 Å². The molecule has 0 spiro atoms. The van der Waals surface area contributed by atoms with Crippen LogP contribution >= 0.6 is 0 Å². The smallest absolute Gasteiger partial charge is 0.415 e. The van der Waals surface area contributed by atoms with Gasteiger partial charge in [0.05, 0.1) is 12.7 Å². The molecule has 0 saturated heterocycles. The highest BCUT2D eigenvalue weighted by Gasteiger charge is 2.20. The molecule has 0 aliphatic carbocycles. The third-order valence-corrected chi connectivity index (χ3v) is 4.68. The van der Waals surface area contributed by atoms with E-state index in [9.17, 15) is 9.59 Å². The van der Waals surface area contributed by atoms with E-state index in [-0.39, 0.29) is 17.5 Å². The first-order chi connectivity index (χ1) is 13.2. The molecule has 2 aromatic carbocycles. The molecule has 0 aromatic heterocycles. The first-order valence-corrected chi connectivity index (χ1v) is 9.51. The average Bonchev–Trinajstić information content (AvgIpc) is 2.68. The molecular formula is C23H29NO4. The summed E-state index contributed by atoms with van der Waals surface area (Å²) in [6.07, 6.45) is -0.374. The van der Waals surface area contributed by atoms with Crippen molar-refractivity contribution in [1.29, 1.82) is 0 Å². The van der Waals surface area contributed by atoms with Gasteiger partial charge in [0.1, 0.15) is 5.75 Å². The Kier molecular flexibility index (Phi) is 6.84. The Hall–Kier alpha value is -2.82. The van der Waals surface area contributed by atoms with Gasteiger partial charge in [-0.05, 0) is 54.7 Å². The van der Waals surface area contributed by atoms with E-state index in [1.807, 2.05) is 44.2 Å². The maximum atomic E-state index is 12.5. The van der Waals surface area contributed by atoms with Gasteiger partial charge < -0.3 is 14.4 Å². The lowest BCUT2D eigenvalue weighted by molar-refractivity contribution is 0.0600. The van der Waals surface area contributed by atoms with Gasteiger partial charge in [-0.3, -0.25) is 0 Å². The van der Waals surface area contributed by atoms with Gasteiger partial charge in [-0.25, -0.2) is 9.59 Å². The monoisotopic (exact) mass is 383 g/mol. The molecule has 0 aliphatic rings. The molecule has 150 valence electrons. The van der Waals surface area contributed by atoms with Gasteiger partial charge in [0.2, 0.25) is 0 Å². The van der Waals surface area contributed by atoms with Crippen molar-refractivity contribution in [1.82, 2.24) is 4.90 Å². The first kappa shape index (κ1) is 21.5. The Labute approximate surface area is 167 Å². The maximum Gasteiger partial charge on any atom is 0.415 e. The second kappa shape index (κ2) is 8.91. The summed E-state index contributed by atoms with van der Waals surface area (Å²) in [5.41, 5.74) is 3.22. The van der Waals surface area contributed by atoms with Gasteiger partial charge in [-0.1, -0.05) is 39.0 Å². The molecule has 0 fully saturated rings. The van der Waals surface area contributed by atoms with Crippen LogP contribution in [0.5, 0.6) is 5.75 Å². The minimum absolute atomic E-state index is 0.0535. The summed E-state index contributed by atoms with van der Waals surface area (Å²) in [5, 5.41) is 0. The highest BCUT2D eigenvalue weighted by Crippen LogP contribution is 2.35. The number of hydrogen-bond donors (Lipinski definition) is 0. The fraction of sp³-hybridized carbons (Fsp3) is 0.391. The predicted molar refractivity (Wildman–Crippen MR) is 111 cm³/mol. The molecule has 2 rings (SSSR count). The molecule has 5 heteroatoms. The van der Waals surface area contributed by atoms with Crippen LogP contribution in [0.3, 0.4) is 0 Å². The van der Waals surface area contributed by atoms with Crippen LogP contribution in [0, 0.1) is 0 Å². The zero-order valence-corrected chi connectivity index (χ0v) is 17.5. The normalized spacial score (nSPS) is 11.1. The molecule has 0 atom stereocenters. The van der Waals surface area contributed by atoms with E-state index in [1.165, 1.54) is 7.11 Å². The Balaban J connectivity index is 2.49. The molecule has 1 amide bonds. The topological polar surface area (TPSA) is 55.8 Å². The fourth-order valence-electron chi connectivity index (χ4n) is 2.86. The van der Waals surface area contributed by atoms with E-state index in [0.717, 1.165) is 16.7 Å². The number of esters is 1. The minimum atomic E-state index is -0.386. The lowest BCUT2D eigenvalue weighted by atomic mass is 9.85. The molecule has 0 saturated carbocycles. The molecule has 0 bridgehead atoms. The SMILES string of the molecule is CCN(CC)C(=O)Oc1ccc(C(C)(C)C)cc1-c1ccc(C(=O)OC)cc1. The summed E-state index contributed by atoms with van der Waals surface area (Å²) >= 11 is 0. The van der Waals surface area contributed by atoms with Gasteiger partial charge in [0, 0.05) is 18.7 Å². The molecule has 0 N–H and O–H groups in total. The number of methoxy groups -OCH3 is 1. The second-order valence-electron chi connectivity index (χ2n) is 7.57. The number of amides is 1. The Morgan fingerprint density at radius 2 is 1.57 bits per heavy atom. The molecule has 5 nitrogen and oxygen atoms in total. The van der Waals surface area contributed by atoms with Crippen LogP contribution in [-0.2, 0) is 10.2 Å². The predicted octanol–water partition coefficient (Wildman–Crippen LogP) is 5.28. The summed E-state index contributed by atoms with van der Waals surface area (Å²) in [6.45, 7) is 11.4. The van der Waals surface area contributed by atoms with E-state index in [0.29, 0.717) is 24.4 Å². The van der Waals surface area contributed by atoms with Gasteiger partial charge >= 0.3 is 12.1 Å². The maximum absolute atomic E-state index is 12.5. The third-order valence-electron chi connectivity index (χ3n) is 4.68. The van der Waals surface area contributed by atoms with Crippen molar-refractivity contribution < 1.29 is 19.1 Å². The minimum Gasteiger partial charge on any atom is -0.465 e. The number of ether oxygens (including phenoxy) is 2. The van der Waals surface area contributed by atoms with Crippen molar-refractivity contribution in [2.75, 3.05) is 20.2 Å². The van der Waals surface area contributed by atoms with Crippen LogP contribution in [0.4, 0.5) is 4.79 Å². The van der Waals surface area contributed by atoms with Crippen molar-refractivity contribution in [2.24, 2.45) is 0 Å². The fourth-order valence-corrected chi connectivity index (χ4v) is 2.86. The van der Waals surface area contributed by atoms with E-state index in [4.69, 9.17) is 9.47 Å². The van der Waals surface area contributed by atoms with Crippen molar-refractivity contribution in [3.05, 3.63) is 53.6 Å². The number of hydrogen-bond acceptors (Lipinski definition) is 4. The lowest BCUT2D eigenvalue weighted by Crippen LogP contribution is -2.33. The summed E-state index contributed by atoms with van der Waals surface area (Å²) in [7, 11) is 1.35. The summed E-state index contributed by atoms with van der Waals surface area (Å²) in [5.74, 6) is 0.110. The molecule has 0 aliphatic heterocycles. The molecule has 0 heterocycles. The van der Waals surface area contributed by atoms with Crippen LogP contribution in [0.2, 0.25) is 0 Å². The second-order valence-corrected chi connectivity index (χ2v) is 7.57. The van der Waals surface area contributed by atoms with E-state index in [1.54, 1.807) is 17.0 Å². The third kappa shape index (κ3) is 4.91. The Morgan fingerprint density at radius 1 is 0.964 bits per heavy atom. The largest absolute Gasteiger partial charge is 0.465 e. The van der Waals surface area contributed by atoms with Crippen LogP contribution in [0.1, 0.15) is 50.5 Å². The molecule has 0 unspecified atom stereocenters. The van der Waals surface area contributed by atoms with Crippen molar-refractivity contribution >= 4 is 12.1 Å². The van der Waals surface area contributed by atoms with Crippen LogP contribution in [0.25, 0.3) is 11.1 Å². The van der Waals surface area contributed by atoms with Gasteiger partial charge in [-0.15, -0.1) is 0 Å². The molecular weight excluding hydrogens is 354 g/mol. The van der Waals surface area contributed by atoms with E-state index in [2.05, 4.69) is 20.8 Å². The van der Waals surface area contributed by atoms with Crippen molar-refractivity contribution in [3.63, 3.8) is 0 Å². The zero-order valence-electron chi connectivity index (χ0n) is 17.5. The standard InChI is InChI=1S/C23H29NO4/c1-7-24(8-2)22(26)28-20-14-13-18(23(3,4)5)15-19(20)16-9-11-17(12-10-16)21(25)27-6/h9-15H,7-8H2,1-6H3. The van der Waals surface area contributed by atoms with Crippen LogP contribution < -0.4 is 4.74 Å². The van der Waals surface area contributed by atoms with Gasteiger partial charge in [0.15, 0.2) is 0 Å². The van der Waals surface area contributed by atoms with Crippen LogP contribution in [0.15, 0.2) is 42.5 Å². The quantitative estimate of drug-likeness (QED) is 0.659. The van der Waals surface area contributed by atoms with E-state index < -0.39 is 0 Å². The summed E-state index contributed by atoms with van der Waals surface area (Å²) in [6, 6.07) is 13.0. The summed E-state index contributed by atoms with van der Waals surface area (Å²) < 4.78 is 10.5. The zero-order chi connectivity index (χ0) is 20.9. The summed E-state index contributed by atoms with van der Waals surface area (Å²) in [4.78, 5) is 25.8. The average molecular weight is 383 g/mol. The number of carbonyl (C=O) groups excluding carboxylic acids is 2. The van der Waals surface area contributed by atoms with E-state index >= 15 is 0 Å².